The van der Waals surface area contributed by atoms with Gasteiger partial charge in [-0.05, 0) is 78.4 Å². The number of nitrogens with zero attached hydrogens (tertiary/aromatic N) is 2. The Kier molecular flexibility index (Phi) is 13.4. The van der Waals surface area contributed by atoms with E-state index in [0.29, 0.717) is 53.0 Å². The highest BCUT2D eigenvalue weighted by atomic mass is 79.9. The zero-order chi connectivity index (χ0) is 31.7. The molecule has 1 aromatic heterocycles. The molecule has 0 fully saturated rings. The SMILES string of the molecule is C=CCc1cc(-c2ccc(OCCC[N+](C)(C)CC(=O)NCCCC)c(CC=C)c2)c2oc(-c3ccc(F)c(Cl)c3)nc2c1.[Br-]. The molecule has 0 saturated carbocycles. The van der Waals surface area contributed by atoms with Gasteiger partial charge in [-0.2, -0.15) is 0 Å². The molecule has 1 heterocycles. The third-order valence-electron chi connectivity index (χ3n) is 7.42. The van der Waals surface area contributed by atoms with Gasteiger partial charge in [0.1, 0.15) is 17.1 Å². The Morgan fingerprint density at radius 1 is 1.07 bits per heavy atom. The lowest BCUT2D eigenvalue weighted by Crippen LogP contribution is -3.00. The Labute approximate surface area is 281 Å². The minimum Gasteiger partial charge on any atom is -1.00 e. The molecular formula is C36H42BrClFN3O3. The van der Waals surface area contributed by atoms with E-state index >= 15 is 0 Å². The van der Waals surface area contributed by atoms with Crippen molar-refractivity contribution in [3.05, 3.63) is 95.8 Å². The molecule has 4 aromatic rings. The van der Waals surface area contributed by atoms with Crippen LogP contribution >= 0.6 is 11.6 Å². The van der Waals surface area contributed by atoms with E-state index in [1.54, 1.807) is 6.07 Å². The number of hydrogen-bond donors (Lipinski definition) is 1. The van der Waals surface area contributed by atoms with Gasteiger partial charge >= 0.3 is 0 Å². The molecule has 0 radical (unpaired) electrons. The first-order valence-electron chi connectivity index (χ1n) is 15.1. The summed E-state index contributed by atoms with van der Waals surface area (Å²) in [4.78, 5) is 17.0. The number of amides is 1. The Morgan fingerprint density at radius 2 is 1.82 bits per heavy atom. The van der Waals surface area contributed by atoms with Crippen molar-refractivity contribution in [1.29, 1.82) is 0 Å². The van der Waals surface area contributed by atoms with Crippen molar-refractivity contribution in [2.45, 2.75) is 39.0 Å². The van der Waals surface area contributed by atoms with Crippen LogP contribution in [0.4, 0.5) is 4.39 Å². The first-order valence-corrected chi connectivity index (χ1v) is 15.5. The summed E-state index contributed by atoms with van der Waals surface area (Å²) in [7, 11) is 4.14. The molecule has 0 unspecified atom stereocenters. The summed E-state index contributed by atoms with van der Waals surface area (Å²) in [6.07, 6.45) is 7.88. The first-order chi connectivity index (χ1) is 21.1. The van der Waals surface area contributed by atoms with Crippen molar-refractivity contribution < 1.29 is 39.8 Å². The van der Waals surface area contributed by atoms with Crippen molar-refractivity contribution in [1.82, 2.24) is 10.3 Å². The fraction of sp³-hybridized carbons (Fsp3) is 0.333. The molecule has 45 heavy (non-hydrogen) atoms. The number of nitrogens with one attached hydrogen (secondary N) is 1. The van der Waals surface area contributed by atoms with E-state index in [1.165, 1.54) is 12.1 Å². The van der Waals surface area contributed by atoms with Crippen LogP contribution in [-0.4, -0.2) is 55.7 Å². The number of hydrogen-bond acceptors (Lipinski definition) is 4. The molecular weight excluding hydrogens is 657 g/mol. The Hall–Kier alpha value is -3.46. The van der Waals surface area contributed by atoms with E-state index in [0.717, 1.165) is 60.4 Å². The fourth-order valence-corrected chi connectivity index (χ4v) is 5.33. The molecule has 240 valence electrons. The van der Waals surface area contributed by atoms with Gasteiger partial charge in [-0.1, -0.05) is 43.2 Å². The van der Waals surface area contributed by atoms with Crippen molar-refractivity contribution in [3.63, 3.8) is 0 Å². The maximum atomic E-state index is 13.8. The number of benzene rings is 3. The number of unbranched alkanes of at least 4 members (excludes halogenated alkanes) is 1. The Morgan fingerprint density at radius 3 is 2.53 bits per heavy atom. The summed E-state index contributed by atoms with van der Waals surface area (Å²) in [6.45, 7) is 12.5. The van der Waals surface area contributed by atoms with Gasteiger partial charge in [-0.3, -0.25) is 4.79 Å². The van der Waals surface area contributed by atoms with E-state index in [4.69, 9.17) is 25.7 Å². The summed E-state index contributed by atoms with van der Waals surface area (Å²) in [5.74, 6) is 0.754. The monoisotopic (exact) mass is 697 g/mol. The predicted octanol–water partition coefficient (Wildman–Crippen LogP) is 5.18. The predicted molar refractivity (Wildman–Crippen MR) is 178 cm³/mol. The smallest absolute Gasteiger partial charge is 0.275 e. The molecule has 0 aliphatic carbocycles. The van der Waals surface area contributed by atoms with Gasteiger partial charge in [0.05, 0.1) is 32.3 Å². The average molecular weight is 699 g/mol. The lowest BCUT2D eigenvalue weighted by molar-refractivity contribution is -0.882. The van der Waals surface area contributed by atoms with Gasteiger partial charge in [0, 0.05) is 24.1 Å². The number of carbonyl (C=O) groups excluding carboxylic acids is 1. The number of likely N-dealkylation sites (N-methyl/N-ethyl adjacent to an activating group) is 1. The molecule has 9 heteroatoms. The second kappa shape index (κ2) is 16.7. The number of rotatable bonds is 16. The first kappa shape index (κ1) is 36.0. The number of quaternary nitrogens is 1. The summed E-state index contributed by atoms with van der Waals surface area (Å²) >= 11 is 6.03. The number of halogens is 3. The minimum absolute atomic E-state index is 0. The third-order valence-corrected chi connectivity index (χ3v) is 7.71. The molecule has 6 nitrogen and oxygen atoms in total. The van der Waals surface area contributed by atoms with E-state index in [-0.39, 0.29) is 27.9 Å². The number of oxazole rings is 1. The van der Waals surface area contributed by atoms with Gasteiger partial charge < -0.3 is 35.9 Å². The number of fused-ring (bicyclic) bond motifs is 1. The number of allylic oxidation sites excluding steroid dienone is 2. The molecule has 0 spiro atoms. The second-order valence-corrected chi connectivity index (χ2v) is 12.1. The van der Waals surface area contributed by atoms with Crippen LogP contribution in [0.25, 0.3) is 33.7 Å². The van der Waals surface area contributed by atoms with Crippen LogP contribution in [0.5, 0.6) is 5.75 Å². The molecule has 1 N–H and O–H groups in total. The molecule has 1 amide bonds. The van der Waals surface area contributed by atoms with Crippen molar-refractivity contribution >= 4 is 28.6 Å². The van der Waals surface area contributed by atoms with Crippen LogP contribution in [0.2, 0.25) is 5.02 Å². The van der Waals surface area contributed by atoms with Gasteiger partial charge in [-0.15, -0.1) is 13.2 Å². The summed E-state index contributed by atoms with van der Waals surface area (Å²) in [5.41, 5.74) is 5.82. The van der Waals surface area contributed by atoms with E-state index in [9.17, 15) is 9.18 Å². The number of carbonyl (C=O) groups is 1. The van der Waals surface area contributed by atoms with Crippen molar-refractivity contribution in [3.8, 4) is 28.3 Å². The molecule has 4 rings (SSSR count). The maximum absolute atomic E-state index is 13.8. The minimum atomic E-state index is -0.495. The fourth-order valence-electron chi connectivity index (χ4n) is 5.15. The van der Waals surface area contributed by atoms with Crippen LogP contribution in [0.1, 0.15) is 37.3 Å². The topological polar surface area (TPSA) is 64.4 Å². The van der Waals surface area contributed by atoms with Crippen molar-refractivity contribution in [2.75, 3.05) is 40.3 Å². The molecule has 0 aliphatic rings. The maximum Gasteiger partial charge on any atom is 0.275 e. The van der Waals surface area contributed by atoms with Crippen LogP contribution < -0.4 is 27.0 Å². The summed E-state index contributed by atoms with van der Waals surface area (Å²) < 4.78 is 26.9. The summed E-state index contributed by atoms with van der Waals surface area (Å²) in [5, 5.41) is 3.01. The van der Waals surface area contributed by atoms with E-state index < -0.39 is 5.82 Å². The van der Waals surface area contributed by atoms with Gasteiger partial charge in [0.2, 0.25) is 5.89 Å². The van der Waals surface area contributed by atoms with Crippen LogP contribution in [0.15, 0.2) is 78.3 Å². The highest BCUT2D eigenvalue weighted by molar-refractivity contribution is 6.31. The lowest BCUT2D eigenvalue weighted by Gasteiger charge is -2.29. The standard InChI is InChI=1S/C36H41ClFN3O3.BrH/c1-6-9-17-39-34(42)24-41(4,5)18-10-19-43-33-16-14-26(22-27(33)12-8-3)29-20-25(11-7-2)21-32-35(29)44-36(40-32)28-13-15-31(38)30(37)23-28;/h7-8,13-16,20-23H,2-3,6,9-12,17-19,24H2,1,4-5H3;1H. The quantitative estimate of drug-likeness (QED) is 0.0997. The lowest BCUT2D eigenvalue weighted by atomic mass is 9.97. The molecule has 3 aromatic carbocycles. The molecule has 0 bridgehead atoms. The highest BCUT2D eigenvalue weighted by Gasteiger charge is 2.20. The van der Waals surface area contributed by atoms with Gasteiger partial charge in [0.15, 0.2) is 12.1 Å². The van der Waals surface area contributed by atoms with Crippen LogP contribution in [-0.2, 0) is 17.6 Å². The van der Waals surface area contributed by atoms with Crippen molar-refractivity contribution in [2.24, 2.45) is 0 Å². The second-order valence-electron chi connectivity index (χ2n) is 11.7. The van der Waals surface area contributed by atoms with E-state index in [2.05, 4.69) is 51.6 Å². The largest absolute Gasteiger partial charge is 1.00 e. The number of aromatic nitrogens is 1. The summed E-state index contributed by atoms with van der Waals surface area (Å²) in [6, 6.07) is 14.6. The zero-order valence-corrected chi connectivity index (χ0v) is 28.6. The normalized spacial score (nSPS) is 11.2. The Bertz CT molecular complexity index is 1640. The van der Waals surface area contributed by atoms with E-state index in [1.807, 2.05) is 30.4 Å². The third kappa shape index (κ3) is 9.76. The Balaban J connectivity index is 0.00000552. The van der Waals surface area contributed by atoms with Gasteiger partial charge in [0.25, 0.3) is 5.91 Å². The van der Waals surface area contributed by atoms with Gasteiger partial charge in [-0.25, -0.2) is 9.37 Å². The zero-order valence-electron chi connectivity index (χ0n) is 26.3. The van der Waals surface area contributed by atoms with Crippen LogP contribution in [0, 0.1) is 5.82 Å². The average Bonchev–Trinajstić information content (AvgIpc) is 3.41. The van der Waals surface area contributed by atoms with Crippen LogP contribution in [0.3, 0.4) is 0 Å². The number of ether oxygens (including phenoxy) is 1. The molecule has 0 atom stereocenters. The molecule has 0 saturated heterocycles. The molecule has 0 aliphatic heterocycles. The highest BCUT2D eigenvalue weighted by Crippen LogP contribution is 2.36.